The highest BCUT2D eigenvalue weighted by atomic mass is 16.5. The summed E-state index contributed by atoms with van der Waals surface area (Å²) in [6.45, 7) is 18.9. The van der Waals surface area contributed by atoms with Crippen molar-refractivity contribution in [1.82, 2.24) is 15.0 Å². The third kappa shape index (κ3) is 8.66. The van der Waals surface area contributed by atoms with Crippen LogP contribution in [0.4, 0.5) is 0 Å². The van der Waals surface area contributed by atoms with Gasteiger partial charge in [0.25, 0.3) is 0 Å². The normalized spacial score (nSPS) is 20.6. The summed E-state index contributed by atoms with van der Waals surface area (Å²) >= 11 is 0. The summed E-state index contributed by atoms with van der Waals surface area (Å²) in [6, 6.07) is 4.13. The van der Waals surface area contributed by atoms with Crippen LogP contribution in [-0.4, -0.2) is 46.0 Å². The Morgan fingerprint density at radius 3 is 2.10 bits per heavy atom. The molecular weight excluding hydrogens is 502 g/mol. The van der Waals surface area contributed by atoms with E-state index in [0.717, 1.165) is 85.8 Å². The average molecular weight is 554 g/mol. The van der Waals surface area contributed by atoms with Crippen molar-refractivity contribution in [2.24, 2.45) is 11.8 Å². The molecule has 1 saturated carbocycles. The topological polar surface area (TPSA) is 91.3 Å². The van der Waals surface area contributed by atoms with Crippen LogP contribution in [0.5, 0.6) is 0 Å². The number of carbonyl (C=O) groups is 2. The monoisotopic (exact) mass is 553 g/mol. The molecule has 1 unspecified atom stereocenters. The average Bonchev–Trinajstić information content (AvgIpc) is 2.99. The van der Waals surface area contributed by atoms with Crippen LogP contribution in [0.2, 0.25) is 0 Å². The standard InChI is InChI=1S/C29H39N3O4.2C2H6/c1-17-6-7-25(16-30-17)27-19(3)26(31-29(32-27)24-12-14-35-15-13-24)18(2)22-8-10-23(11-9-22)28(34)20(4)36-21(5)33;2*1-2/h6-7,16,18,20,22-24H,8-15H2,1-5H3;2*1-2H3/t18?,20-,22?,23?;;/m0../s1. The summed E-state index contributed by atoms with van der Waals surface area (Å²) in [7, 11) is 0. The van der Waals surface area contributed by atoms with Gasteiger partial charge in [0.05, 0.1) is 11.4 Å². The largest absolute Gasteiger partial charge is 0.455 e. The number of rotatable bonds is 7. The van der Waals surface area contributed by atoms with E-state index in [2.05, 4.69) is 24.9 Å². The van der Waals surface area contributed by atoms with E-state index in [1.165, 1.54) is 6.92 Å². The summed E-state index contributed by atoms with van der Waals surface area (Å²) in [5.74, 6) is 1.52. The van der Waals surface area contributed by atoms with Crippen LogP contribution in [0.15, 0.2) is 18.3 Å². The molecule has 3 heterocycles. The third-order valence-electron chi connectivity index (χ3n) is 8.03. The van der Waals surface area contributed by atoms with Crippen molar-refractivity contribution < 1.29 is 19.1 Å². The summed E-state index contributed by atoms with van der Waals surface area (Å²) in [5, 5.41) is 0. The van der Waals surface area contributed by atoms with Crippen LogP contribution < -0.4 is 0 Å². The molecule has 222 valence electrons. The summed E-state index contributed by atoms with van der Waals surface area (Å²) in [5.41, 5.74) is 5.21. The van der Waals surface area contributed by atoms with Gasteiger partial charge in [-0.2, -0.15) is 0 Å². The zero-order valence-corrected chi connectivity index (χ0v) is 26.3. The molecule has 2 aromatic rings. The second-order valence-corrected chi connectivity index (χ2v) is 10.6. The summed E-state index contributed by atoms with van der Waals surface area (Å²) in [4.78, 5) is 38.8. The van der Waals surface area contributed by atoms with E-state index in [0.29, 0.717) is 11.8 Å². The van der Waals surface area contributed by atoms with Gasteiger partial charge in [-0.3, -0.25) is 14.6 Å². The number of aromatic nitrogens is 3. The molecule has 1 aliphatic carbocycles. The highest BCUT2D eigenvalue weighted by Crippen LogP contribution is 2.41. The van der Waals surface area contributed by atoms with Crippen molar-refractivity contribution in [3.8, 4) is 11.3 Å². The predicted molar refractivity (Wildman–Crippen MR) is 160 cm³/mol. The van der Waals surface area contributed by atoms with Crippen LogP contribution >= 0.6 is 0 Å². The maximum absolute atomic E-state index is 12.8. The zero-order valence-electron chi connectivity index (χ0n) is 26.3. The number of hydrogen-bond acceptors (Lipinski definition) is 7. The molecule has 2 aromatic heterocycles. The van der Waals surface area contributed by atoms with E-state index in [4.69, 9.17) is 19.4 Å². The second kappa shape index (κ2) is 16.6. The molecule has 0 N–H and O–H groups in total. The number of carbonyl (C=O) groups excluding carboxylic acids is 2. The number of Topliss-reactive ketones (excluding diaryl/α,β-unsaturated/α-hetero) is 1. The molecule has 0 aromatic carbocycles. The van der Waals surface area contributed by atoms with E-state index in [1.54, 1.807) is 6.92 Å². The van der Waals surface area contributed by atoms with Gasteiger partial charge in [-0.15, -0.1) is 0 Å². The predicted octanol–water partition coefficient (Wildman–Crippen LogP) is 7.53. The first-order valence-electron chi connectivity index (χ1n) is 15.3. The lowest BCUT2D eigenvalue weighted by Crippen LogP contribution is -2.33. The SMILES string of the molecule is CC.CC.CC(=O)O[C@@H](C)C(=O)C1CCC(C(C)c2nc(C3CCOCC3)nc(-c3ccc(C)nc3)c2C)CC1. The van der Waals surface area contributed by atoms with Crippen molar-refractivity contribution in [1.29, 1.82) is 0 Å². The van der Waals surface area contributed by atoms with E-state index in [9.17, 15) is 9.59 Å². The summed E-state index contributed by atoms with van der Waals surface area (Å²) in [6.07, 6.45) is 6.69. The Labute approximate surface area is 241 Å². The number of aryl methyl sites for hydroxylation is 1. The molecule has 0 spiro atoms. The van der Waals surface area contributed by atoms with E-state index < -0.39 is 12.1 Å². The first kappa shape index (κ1) is 33.5. The molecule has 0 radical (unpaired) electrons. The Balaban J connectivity index is 0.00000134. The minimum absolute atomic E-state index is 0.0405. The van der Waals surface area contributed by atoms with Crippen molar-refractivity contribution in [3.63, 3.8) is 0 Å². The van der Waals surface area contributed by atoms with Crippen LogP contribution in [0, 0.1) is 25.7 Å². The fourth-order valence-corrected chi connectivity index (χ4v) is 5.79. The van der Waals surface area contributed by atoms with Crippen LogP contribution in [-0.2, 0) is 19.1 Å². The molecule has 7 nitrogen and oxygen atoms in total. The fourth-order valence-electron chi connectivity index (χ4n) is 5.79. The van der Waals surface area contributed by atoms with E-state index >= 15 is 0 Å². The van der Waals surface area contributed by atoms with Crippen molar-refractivity contribution in [3.05, 3.63) is 41.1 Å². The van der Waals surface area contributed by atoms with E-state index in [-0.39, 0.29) is 17.6 Å². The Morgan fingerprint density at radius 1 is 0.925 bits per heavy atom. The molecule has 7 heteroatoms. The Hall–Kier alpha value is -2.67. The van der Waals surface area contributed by atoms with Crippen LogP contribution in [0.3, 0.4) is 0 Å². The summed E-state index contributed by atoms with van der Waals surface area (Å²) < 4.78 is 10.7. The van der Waals surface area contributed by atoms with Crippen molar-refractivity contribution >= 4 is 11.8 Å². The number of pyridine rings is 1. The molecule has 0 bridgehead atoms. The van der Waals surface area contributed by atoms with Gasteiger partial charge in [-0.1, -0.05) is 34.6 Å². The number of ketones is 1. The van der Waals surface area contributed by atoms with Gasteiger partial charge >= 0.3 is 5.97 Å². The minimum atomic E-state index is -0.668. The highest BCUT2D eigenvalue weighted by Gasteiger charge is 2.34. The second-order valence-electron chi connectivity index (χ2n) is 10.6. The smallest absolute Gasteiger partial charge is 0.303 e. The van der Waals surface area contributed by atoms with Crippen molar-refractivity contribution in [2.45, 2.75) is 119 Å². The highest BCUT2D eigenvalue weighted by molar-refractivity contribution is 5.87. The van der Waals surface area contributed by atoms with Gasteiger partial charge in [0.2, 0.25) is 0 Å². The number of esters is 1. The lowest BCUT2D eigenvalue weighted by Gasteiger charge is -2.33. The molecule has 1 saturated heterocycles. The first-order valence-corrected chi connectivity index (χ1v) is 15.3. The Morgan fingerprint density at radius 2 is 1.55 bits per heavy atom. The Kier molecular flexibility index (Phi) is 13.9. The Bertz CT molecular complexity index is 1070. The number of nitrogens with zero attached hydrogens (tertiary/aromatic N) is 3. The molecule has 40 heavy (non-hydrogen) atoms. The minimum Gasteiger partial charge on any atom is -0.455 e. The van der Waals surface area contributed by atoms with Gasteiger partial charge in [-0.05, 0) is 82.9 Å². The van der Waals surface area contributed by atoms with Gasteiger partial charge in [0.15, 0.2) is 11.9 Å². The molecular formula is C33H51N3O4. The molecule has 4 rings (SSSR count). The maximum Gasteiger partial charge on any atom is 0.303 e. The van der Waals surface area contributed by atoms with Crippen LogP contribution in [0.1, 0.15) is 122 Å². The zero-order chi connectivity index (χ0) is 29.8. The number of ether oxygens (including phenoxy) is 2. The fraction of sp³-hybridized carbons (Fsp3) is 0.667. The third-order valence-corrected chi connectivity index (χ3v) is 8.03. The van der Waals surface area contributed by atoms with E-state index in [1.807, 2.05) is 46.9 Å². The molecule has 2 atom stereocenters. The van der Waals surface area contributed by atoms with Crippen molar-refractivity contribution in [2.75, 3.05) is 13.2 Å². The lowest BCUT2D eigenvalue weighted by atomic mass is 9.73. The molecule has 1 aliphatic heterocycles. The van der Waals surface area contributed by atoms with Gasteiger partial charge in [0, 0.05) is 55.3 Å². The van der Waals surface area contributed by atoms with Gasteiger partial charge < -0.3 is 9.47 Å². The number of hydrogen-bond donors (Lipinski definition) is 0. The molecule has 0 amide bonds. The molecule has 2 aliphatic rings. The van der Waals surface area contributed by atoms with Gasteiger partial charge in [-0.25, -0.2) is 9.97 Å². The molecule has 2 fully saturated rings. The quantitative estimate of drug-likeness (QED) is 0.327. The first-order chi connectivity index (χ1) is 19.2. The van der Waals surface area contributed by atoms with Gasteiger partial charge in [0.1, 0.15) is 5.82 Å². The van der Waals surface area contributed by atoms with Crippen LogP contribution in [0.25, 0.3) is 11.3 Å². The lowest BCUT2D eigenvalue weighted by molar-refractivity contribution is -0.153. The maximum atomic E-state index is 12.8.